The number of aryl methyl sites for hydroxylation is 1. The summed E-state index contributed by atoms with van der Waals surface area (Å²) in [6, 6.07) is 11.5. The van der Waals surface area contributed by atoms with Crippen LogP contribution in [-0.2, 0) is 4.74 Å². The predicted molar refractivity (Wildman–Crippen MR) is 95.9 cm³/mol. The van der Waals surface area contributed by atoms with Crippen molar-refractivity contribution in [3.8, 4) is 11.3 Å². The molecule has 0 saturated carbocycles. The van der Waals surface area contributed by atoms with E-state index in [0.717, 1.165) is 18.4 Å². The van der Waals surface area contributed by atoms with Crippen molar-refractivity contribution in [2.24, 2.45) is 0 Å². The van der Waals surface area contributed by atoms with E-state index >= 15 is 0 Å². The van der Waals surface area contributed by atoms with E-state index in [1.807, 2.05) is 48.2 Å². The Labute approximate surface area is 152 Å². The Morgan fingerprint density at radius 1 is 1.19 bits per heavy atom. The number of likely N-dealkylation sites (tertiary alicyclic amines) is 1. The first-order chi connectivity index (χ1) is 12.6. The summed E-state index contributed by atoms with van der Waals surface area (Å²) in [5.41, 5.74) is 1.01. The predicted octanol–water partition coefficient (Wildman–Crippen LogP) is 3.36. The highest BCUT2D eigenvalue weighted by Crippen LogP contribution is 2.32. The zero-order chi connectivity index (χ0) is 18.1. The van der Waals surface area contributed by atoms with Crippen LogP contribution in [0.3, 0.4) is 0 Å². The van der Waals surface area contributed by atoms with Crippen LogP contribution in [0.2, 0.25) is 0 Å². The number of hydrogen-bond acceptors (Lipinski definition) is 4. The molecular weight excluding hydrogens is 332 g/mol. The van der Waals surface area contributed by atoms with E-state index in [1.165, 1.54) is 0 Å². The van der Waals surface area contributed by atoms with Gasteiger partial charge in [0, 0.05) is 25.1 Å². The van der Waals surface area contributed by atoms with Crippen LogP contribution in [0.1, 0.15) is 35.4 Å². The van der Waals surface area contributed by atoms with Gasteiger partial charge in [0.05, 0.1) is 12.1 Å². The zero-order valence-electron chi connectivity index (χ0n) is 14.8. The van der Waals surface area contributed by atoms with E-state index in [-0.39, 0.29) is 12.0 Å². The van der Waals surface area contributed by atoms with E-state index in [9.17, 15) is 9.59 Å². The van der Waals surface area contributed by atoms with Gasteiger partial charge in [0.15, 0.2) is 0 Å². The maximum absolute atomic E-state index is 13.2. The summed E-state index contributed by atoms with van der Waals surface area (Å²) >= 11 is 0. The van der Waals surface area contributed by atoms with E-state index in [2.05, 4.69) is 5.32 Å². The summed E-state index contributed by atoms with van der Waals surface area (Å²) in [6.07, 6.45) is 1.86. The lowest BCUT2D eigenvalue weighted by atomic mass is 9.95. The number of carbonyl (C=O) groups is 2. The van der Waals surface area contributed by atoms with Crippen molar-refractivity contribution in [2.45, 2.75) is 31.8 Å². The molecule has 4 rings (SSSR count). The van der Waals surface area contributed by atoms with E-state index in [1.54, 1.807) is 0 Å². The second kappa shape index (κ2) is 6.52. The van der Waals surface area contributed by atoms with Crippen LogP contribution in [-0.4, -0.2) is 42.1 Å². The number of nitrogens with one attached hydrogen (secondary N) is 1. The second-order valence-corrected chi connectivity index (χ2v) is 7.04. The molecule has 0 bridgehead atoms. The third kappa shape index (κ3) is 3.07. The molecule has 3 heterocycles. The number of furan rings is 1. The SMILES string of the molecule is Cc1cc(C(=O)N2CCC[C@@]3(CC2)CNC(=O)O3)c(-c2ccccc2)o1. The maximum atomic E-state index is 13.2. The topological polar surface area (TPSA) is 71.8 Å². The molecule has 2 amide bonds. The van der Waals surface area contributed by atoms with Crippen molar-refractivity contribution >= 4 is 12.0 Å². The summed E-state index contributed by atoms with van der Waals surface area (Å²) in [6.45, 7) is 3.58. The van der Waals surface area contributed by atoms with Crippen LogP contribution in [0.15, 0.2) is 40.8 Å². The van der Waals surface area contributed by atoms with Crippen LogP contribution in [0.4, 0.5) is 4.79 Å². The molecule has 1 spiro atoms. The Morgan fingerprint density at radius 2 is 2.00 bits per heavy atom. The minimum absolute atomic E-state index is 0.0324. The zero-order valence-corrected chi connectivity index (χ0v) is 14.8. The molecule has 2 saturated heterocycles. The molecule has 2 fully saturated rings. The van der Waals surface area contributed by atoms with Gasteiger partial charge in [0.25, 0.3) is 5.91 Å². The fraction of sp³-hybridized carbons (Fsp3) is 0.400. The van der Waals surface area contributed by atoms with E-state index in [4.69, 9.17) is 9.15 Å². The van der Waals surface area contributed by atoms with Crippen molar-refractivity contribution in [3.63, 3.8) is 0 Å². The van der Waals surface area contributed by atoms with Crippen molar-refractivity contribution in [1.29, 1.82) is 0 Å². The Morgan fingerprint density at radius 3 is 2.73 bits per heavy atom. The molecule has 2 aromatic rings. The fourth-order valence-corrected chi connectivity index (χ4v) is 3.80. The van der Waals surface area contributed by atoms with Crippen LogP contribution >= 0.6 is 0 Å². The highest BCUT2D eigenvalue weighted by Gasteiger charge is 2.42. The number of rotatable bonds is 2. The van der Waals surface area contributed by atoms with Crippen LogP contribution in [0.5, 0.6) is 0 Å². The van der Waals surface area contributed by atoms with Crippen molar-refractivity contribution in [1.82, 2.24) is 10.2 Å². The number of carbonyl (C=O) groups excluding carboxylic acids is 2. The third-order valence-corrected chi connectivity index (χ3v) is 5.17. The largest absolute Gasteiger partial charge is 0.461 e. The van der Waals surface area contributed by atoms with Crippen molar-refractivity contribution in [2.75, 3.05) is 19.6 Å². The van der Waals surface area contributed by atoms with Gasteiger partial charge in [0.1, 0.15) is 17.1 Å². The standard InChI is InChI=1S/C20H22N2O4/c1-14-12-16(17(25-14)15-6-3-2-4-7-15)18(23)22-10-5-8-20(9-11-22)13-21-19(24)26-20/h2-4,6-7,12H,5,8-11,13H2,1H3,(H,21,24)/t20-/m1/s1. The molecule has 6 heteroatoms. The Balaban J connectivity index is 1.56. The Hall–Kier alpha value is -2.76. The Bertz CT molecular complexity index is 830. The first-order valence-electron chi connectivity index (χ1n) is 8.98. The van der Waals surface area contributed by atoms with Gasteiger partial charge in [-0.3, -0.25) is 4.79 Å². The van der Waals surface area contributed by atoms with Crippen molar-refractivity contribution in [3.05, 3.63) is 47.7 Å². The molecule has 0 aliphatic carbocycles. The summed E-state index contributed by atoms with van der Waals surface area (Å²) in [5, 5.41) is 2.74. The lowest BCUT2D eigenvalue weighted by Crippen LogP contribution is -2.36. The second-order valence-electron chi connectivity index (χ2n) is 7.04. The number of nitrogens with zero attached hydrogens (tertiary/aromatic N) is 1. The first-order valence-corrected chi connectivity index (χ1v) is 8.98. The van der Waals surface area contributed by atoms with Gasteiger partial charge in [-0.15, -0.1) is 0 Å². The Kier molecular flexibility index (Phi) is 4.18. The van der Waals surface area contributed by atoms with Gasteiger partial charge in [-0.05, 0) is 25.8 Å². The molecule has 2 aliphatic rings. The van der Waals surface area contributed by atoms with Gasteiger partial charge in [-0.2, -0.15) is 0 Å². The minimum Gasteiger partial charge on any atom is -0.461 e. The maximum Gasteiger partial charge on any atom is 0.407 e. The van der Waals surface area contributed by atoms with Gasteiger partial charge in [-0.1, -0.05) is 30.3 Å². The van der Waals surface area contributed by atoms with Gasteiger partial charge in [0.2, 0.25) is 0 Å². The van der Waals surface area contributed by atoms with Gasteiger partial charge < -0.3 is 19.4 Å². The lowest BCUT2D eigenvalue weighted by molar-refractivity contribution is 0.0439. The van der Waals surface area contributed by atoms with Gasteiger partial charge in [-0.25, -0.2) is 4.79 Å². The lowest BCUT2D eigenvalue weighted by Gasteiger charge is -2.25. The van der Waals surface area contributed by atoms with E-state index < -0.39 is 5.60 Å². The monoisotopic (exact) mass is 354 g/mol. The molecule has 26 heavy (non-hydrogen) atoms. The molecule has 1 atom stereocenters. The molecular formula is C20H22N2O4. The molecule has 0 radical (unpaired) electrons. The number of ether oxygens (including phenoxy) is 1. The smallest absolute Gasteiger partial charge is 0.407 e. The van der Waals surface area contributed by atoms with Crippen LogP contribution in [0, 0.1) is 6.92 Å². The number of benzene rings is 1. The number of hydrogen-bond donors (Lipinski definition) is 1. The van der Waals surface area contributed by atoms with Crippen molar-refractivity contribution < 1.29 is 18.7 Å². The number of amides is 2. The quantitative estimate of drug-likeness (QED) is 0.898. The average Bonchev–Trinajstić information content (AvgIpc) is 3.14. The minimum atomic E-state index is -0.472. The summed E-state index contributed by atoms with van der Waals surface area (Å²) < 4.78 is 11.3. The summed E-state index contributed by atoms with van der Waals surface area (Å²) in [4.78, 5) is 26.5. The molecule has 1 aromatic carbocycles. The van der Waals surface area contributed by atoms with Crippen LogP contribution < -0.4 is 5.32 Å². The van der Waals surface area contributed by atoms with Crippen LogP contribution in [0.25, 0.3) is 11.3 Å². The average molecular weight is 354 g/mol. The van der Waals surface area contributed by atoms with Gasteiger partial charge >= 0.3 is 6.09 Å². The first kappa shape index (κ1) is 16.7. The molecule has 6 nitrogen and oxygen atoms in total. The molecule has 1 N–H and O–H groups in total. The summed E-state index contributed by atoms with van der Waals surface area (Å²) in [5.74, 6) is 1.29. The normalized spacial score (nSPS) is 22.8. The fourth-order valence-electron chi connectivity index (χ4n) is 3.80. The molecule has 0 unspecified atom stereocenters. The van der Waals surface area contributed by atoms with E-state index in [0.29, 0.717) is 43.1 Å². The highest BCUT2D eigenvalue weighted by molar-refractivity contribution is 5.99. The molecule has 1 aromatic heterocycles. The highest BCUT2D eigenvalue weighted by atomic mass is 16.6. The summed E-state index contributed by atoms with van der Waals surface area (Å²) in [7, 11) is 0. The molecule has 136 valence electrons. The molecule has 2 aliphatic heterocycles. The number of alkyl carbamates (subject to hydrolysis) is 1. The third-order valence-electron chi connectivity index (χ3n) is 5.17.